The van der Waals surface area contributed by atoms with Crippen molar-refractivity contribution in [3.63, 3.8) is 0 Å². The standard InChI is InChI=1S/C11H15NOS/c1-2-3-9-4-6-10(7-5-9)12-11(13)8-14/h4-7,14H,2-3,8H2,1H3,(H,12,13). The van der Waals surface area contributed by atoms with Gasteiger partial charge in [0.1, 0.15) is 0 Å². The summed E-state index contributed by atoms with van der Waals surface area (Å²) in [5.74, 6) is 0.146. The fraction of sp³-hybridized carbons (Fsp3) is 0.364. The maximum Gasteiger partial charge on any atom is 0.234 e. The lowest BCUT2D eigenvalue weighted by Crippen LogP contribution is -2.12. The SMILES string of the molecule is CCCc1ccc(NC(=O)CS)cc1. The van der Waals surface area contributed by atoms with E-state index in [1.54, 1.807) is 0 Å². The highest BCUT2D eigenvalue weighted by Crippen LogP contribution is 2.10. The van der Waals surface area contributed by atoms with Crippen LogP contribution < -0.4 is 5.32 Å². The predicted octanol–water partition coefficient (Wildman–Crippen LogP) is 2.51. The third-order valence-electron chi connectivity index (χ3n) is 1.92. The van der Waals surface area contributed by atoms with Crippen molar-refractivity contribution in [1.82, 2.24) is 0 Å². The molecule has 1 aromatic rings. The highest BCUT2D eigenvalue weighted by Gasteiger charge is 1.98. The van der Waals surface area contributed by atoms with Crippen molar-refractivity contribution in [2.24, 2.45) is 0 Å². The van der Waals surface area contributed by atoms with Crippen LogP contribution in [-0.2, 0) is 11.2 Å². The minimum atomic E-state index is -0.0726. The Morgan fingerprint density at radius 1 is 1.36 bits per heavy atom. The number of carbonyl (C=O) groups excluding carboxylic acids is 1. The molecule has 3 heteroatoms. The normalized spacial score (nSPS) is 9.86. The number of benzene rings is 1. The van der Waals surface area contributed by atoms with E-state index in [1.165, 1.54) is 5.56 Å². The highest BCUT2D eigenvalue weighted by molar-refractivity contribution is 7.81. The molecular formula is C11H15NOS. The van der Waals surface area contributed by atoms with E-state index in [0.29, 0.717) is 0 Å². The summed E-state index contributed by atoms with van der Waals surface area (Å²) in [6, 6.07) is 7.92. The quantitative estimate of drug-likeness (QED) is 0.733. The minimum absolute atomic E-state index is 0.0726. The van der Waals surface area contributed by atoms with Crippen molar-refractivity contribution < 1.29 is 4.79 Å². The van der Waals surface area contributed by atoms with Crippen LogP contribution in [0.25, 0.3) is 0 Å². The molecule has 0 aromatic heterocycles. The van der Waals surface area contributed by atoms with E-state index in [2.05, 4.69) is 24.9 Å². The first-order valence-corrected chi connectivity index (χ1v) is 5.39. The summed E-state index contributed by atoms with van der Waals surface area (Å²) < 4.78 is 0. The first-order valence-electron chi connectivity index (χ1n) is 4.76. The Hall–Kier alpha value is -0.960. The molecule has 0 heterocycles. The van der Waals surface area contributed by atoms with E-state index in [-0.39, 0.29) is 11.7 Å². The van der Waals surface area contributed by atoms with Crippen molar-refractivity contribution in [3.8, 4) is 0 Å². The first-order chi connectivity index (χ1) is 6.76. The fourth-order valence-corrected chi connectivity index (χ4v) is 1.32. The lowest BCUT2D eigenvalue weighted by atomic mass is 10.1. The van der Waals surface area contributed by atoms with Crippen LogP contribution in [0.1, 0.15) is 18.9 Å². The Morgan fingerprint density at radius 2 is 2.00 bits per heavy atom. The molecule has 14 heavy (non-hydrogen) atoms. The van der Waals surface area contributed by atoms with Gasteiger partial charge in [-0.3, -0.25) is 4.79 Å². The van der Waals surface area contributed by atoms with Crippen LogP contribution in [0.3, 0.4) is 0 Å². The molecule has 0 atom stereocenters. The second kappa shape index (κ2) is 5.70. The molecule has 0 aliphatic carbocycles. The van der Waals surface area contributed by atoms with Gasteiger partial charge in [-0.2, -0.15) is 12.6 Å². The molecule has 1 amide bonds. The van der Waals surface area contributed by atoms with Gasteiger partial charge in [0, 0.05) is 5.69 Å². The van der Waals surface area contributed by atoms with E-state index in [1.807, 2.05) is 24.3 Å². The number of anilines is 1. The molecule has 0 saturated heterocycles. The summed E-state index contributed by atoms with van der Waals surface area (Å²) >= 11 is 3.89. The summed E-state index contributed by atoms with van der Waals surface area (Å²) in [6.07, 6.45) is 2.23. The molecule has 1 N–H and O–H groups in total. The summed E-state index contributed by atoms with van der Waals surface area (Å²) in [5.41, 5.74) is 2.14. The number of hydrogen-bond donors (Lipinski definition) is 2. The maximum absolute atomic E-state index is 11.0. The predicted molar refractivity (Wildman–Crippen MR) is 62.9 cm³/mol. The van der Waals surface area contributed by atoms with Gasteiger partial charge >= 0.3 is 0 Å². The molecule has 0 saturated carbocycles. The first kappa shape index (κ1) is 11.1. The van der Waals surface area contributed by atoms with Gasteiger partial charge in [0.25, 0.3) is 0 Å². The van der Waals surface area contributed by atoms with Crippen LogP contribution in [0, 0.1) is 0 Å². The second-order valence-electron chi connectivity index (χ2n) is 3.15. The average molecular weight is 209 g/mol. The topological polar surface area (TPSA) is 29.1 Å². The van der Waals surface area contributed by atoms with Crippen molar-refractivity contribution >= 4 is 24.2 Å². The van der Waals surface area contributed by atoms with Crippen LogP contribution in [0.4, 0.5) is 5.69 Å². The van der Waals surface area contributed by atoms with Gasteiger partial charge in [0.15, 0.2) is 0 Å². The molecule has 1 rings (SSSR count). The van der Waals surface area contributed by atoms with E-state index in [4.69, 9.17) is 0 Å². The third kappa shape index (κ3) is 3.42. The van der Waals surface area contributed by atoms with E-state index >= 15 is 0 Å². The van der Waals surface area contributed by atoms with E-state index < -0.39 is 0 Å². The Balaban J connectivity index is 2.59. The van der Waals surface area contributed by atoms with Crippen LogP contribution >= 0.6 is 12.6 Å². The van der Waals surface area contributed by atoms with E-state index in [0.717, 1.165) is 18.5 Å². The Kier molecular flexibility index (Phi) is 4.53. The van der Waals surface area contributed by atoms with Gasteiger partial charge in [0.2, 0.25) is 5.91 Å². The molecular weight excluding hydrogens is 194 g/mol. The molecule has 76 valence electrons. The van der Waals surface area contributed by atoms with Gasteiger partial charge in [-0.25, -0.2) is 0 Å². The number of rotatable bonds is 4. The average Bonchev–Trinajstić information content (AvgIpc) is 2.21. The molecule has 0 radical (unpaired) electrons. The summed E-state index contributed by atoms with van der Waals surface area (Å²) in [4.78, 5) is 11.0. The molecule has 0 fully saturated rings. The zero-order valence-electron chi connectivity index (χ0n) is 8.29. The Bertz CT molecular complexity index is 295. The van der Waals surface area contributed by atoms with Gasteiger partial charge in [0.05, 0.1) is 5.75 Å². The molecule has 1 aromatic carbocycles. The van der Waals surface area contributed by atoms with Crippen LogP contribution in [0.2, 0.25) is 0 Å². The maximum atomic E-state index is 11.0. The molecule has 0 spiro atoms. The minimum Gasteiger partial charge on any atom is -0.325 e. The highest BCUT2D eigenvalue weighted by atomic mass is 32.1. The van der Waals surface area contributed by atoms with Gasteiger partial charge < -0.3 is 5.32 Å². The zero-order valence-corrected chi connectivity index (χ0v) is 9.18. The van der Waals surface area contributed by atoms with E-state index in [9.17, 15) is 4.79 Å². The van der Waals surface area contributed by atoms with Crippen molar-refractivity contribution in [3.05, 3.63) is 29.8 Å². The number of nitrogens with one attached hydrogen (secondary N) is 1. The molecule has 0 aliphatic rings. The van der Waals surface area contributed by atoms with Gasteiger partial charge in [-0.15, -0.1) is 0 Å². The van der Waals surface area contributed by atoms with Gasteiger partial charge in [-0.1, -0.05) is 25.5 Å². The van der Waals surface area contributed by atoms with Crippen molar-refractivity contribution in [1.29, 1.82) is 0 Å². The molecule has 0 bridgehead atoms. The smallest absolute Gasteiger partial charge is 0.234 e. The lowest BCUT2D eigenvalue weighted by molar-refractivity contribution is -0.113. The molecule has 2 nitrogen and oxygen atoms in total. The third-order valence-corrected chi connectivity index (χ3v) is 2.21. The number of aryl methyl sites for hydroxylation is 1. The Morgan fingerprint density at radius 3 is 2.50 bits per heavy atom. The number of carbonyl (C=O) groups is 1. The molecule has 0 unspecified atom stereocenters. The summed E-state index contributed by atoms with van der Waals surface area (Å²) in [7, 11) is 0. The number of hydrogen-bond acceptors (Lipinski definition) is 2. The molecule has 0 aliphatic heterocycles. The summed E-state index contributed by atoms with van der Waals surface area (Å²) in [5, 5.41) is 2.75. The monoisotopic (exact) mass is 209 g/mol. The second-order valence-corrected chi connectivity index (χ2v) is 3.47. The summed E-state index contributed by atoms with van der Waals surface area (Å²) in [6.45, 7) is 2.15. The van der Waals surface area contributed by atoms with Crippen LogP contribution in [0.15, 0.2) is 24.3 Å². The zero-order chi connectivity index (χ0) is 10.4. The van der Waals surface area contributed by atoms with Crippen molar-refractivity contribution in [2.45, 2.75) is 19.8 Å². The van der Waals surface area contributed by atoms with Crippen molar-refractivity contribution in [2.75, 3.05) is 11.1 Å². The van der Waals surface area contributed by atoms with Crippen LogP contribution in [0.5, 0.6) is 0 Å². The number of thiol groups is 1. The Labute approximate surface area is 90.1 Å². The van der Waals surface area contributed by atoms with Gasteiger partial charge in [-0.05, 0) is 24.1 Å². The lowest BCUT2D eigenvalue weighted by Gasteiger charge is -2.04. The number of amides is 1. The largest absolute Gasteiger partial charge is 0.325 e. The fourth-order valence-electron chi connectivity index (χ4n) is 1.24. The van der Waals surface area contributed by atoms with Crippen LogP contribution in [-0.4, -0.2) is 11.7 Å².